The molecule has 0 unspecified atom stereocenters. The molecule has 0 aromatic heterocycles. The van der Waals surface area contributed by atoms with Gasteiger partial charge in [-0.1, -0.05) is 29.8 Å². The topological polar surface area (TPSA) is 17.1 Å². The van der Waals surface area contributed by atoms with Gasteiger partial charge >= 0.3 is 6.18 Å². The van der Waals surface area contributed by atoms with Gasteiger partial charge < -0.3 is 0 Å². The maximum Gasteiger partial charge on any atom is 0.416 e. The Bertz CT molecular complexity index is 334. The van der Waals surface area contributed by atoms with Crippen molar-refractivity contribution in [1.29, 1.82) is 0 Å². The second-order valence-corrected chi connectivity index (χ2v) is 3.21. The molecule has 0 bridgehead atoms. The molecule has 1 nitrogen and oxygen atoms in total. The van der Waals surface area contributed by atoms with E-state index in [1.165, 1.54) is 6.07 Å². The van der Waals surface area contributed by atoms with Crippen LogP contribution >= 0.6 is 15.9 Å². The monoisotopic (exact) mass is 282 g/mol. The first-order chi connectivity index (χ1) is 6.95. The molecular formula is C10H10BrF3O. The Hall–Kier alpha value is -0.840. The Labute approximate surface area is 94.4 Å². The molecule has 0 saturated heterocycles. The average Bonchev–Trinajstić information content (AvgIpc) is 2.20. The molecule has 0 aliphatic heterocycles. The van der Waals surface area contributed by atoms with Crippen LogP contribution in [0.5, 0.6) is 0 Å². The third-order valence-electron chi connectivity index (χ3n) is 1.45. The molecule has 1 aromatic carbocycles. The summed E-state index contributed by atoms with van der Waals surface area (Å²) in [6, 6.07) is 2.92. The number of benzene rings is 1. The molecule has 5 heteroatoms. The van der Waals surface area contributed by atoms with Gasteiger partial charge in [0, 0.05) is 10.0 Å². The standard InChI is InChI=1S/C8H4BrF3O.C2H6/c9-7-2-1-6(8(10,11)12)3-5(7)4-13;1-2/h1-4H;1-2H3. The number of rotatable bonds is 1. The number of carbonyl (C=O) groups is 1. The van der Waals surface area contributed by atoms with Crippen LogP contribution < -0.4 is 0 Å². The summed E-state index contributed by atoms with van der Waals surface area (Å²) in [5.41, 5.74) is -0.826. The van der Waals surface area contributed by atoms with Crippen molar-refractivity contribution in [2.75, 3.05) is 0 Å². The summed E-state index contributed by atoms with van der Waals surface area (Å²) in [6.45, 7) is 4.00. The van der Waals surface area contributed by atoms with Crippen molar-refractivity contribution < 1.29 is 18.0 Å². The lowest BCUT2D eigenvalue weighted by atomic mass is 10.1. The van der Waals surface area contributed by atoms with Crippen LogP contribution in [-0.4, -0.2) is 6.29 Å². The summed E-state index contributed by atoms with van der Waals surface area (Å²) < 4.78 is 36.7. The van der Waals surface area contributed by atoms with E-state index in [0.29, 0.717) is 10.8 Å². The van der Waals surface area contributed by atoms with E-state index in [9.17, 15) is 18.0 Å². The number of halogens is 4. The van der Waals surface area contributed by atoms with Crippen molar-refractivity contribution in [3.05, 3.63) is 33.8 Å². The number of carbonyl (C=O) groups excluding carboxylic acids is 1. The fourth-order valence-corrected chi connectivity index (χ4v) is 1.15. The van der Waals surface area contributed by atoms with Crippen molar-refractivity contribution in [2.45, 2.75) is 20.0 Å². The van der Waals surface area contributed by atoms with Crippen LogP contribution in [0.15, 0.2) is 22.7 Å². The Morgan fingerprint density at radius 2 is 1.80 bits per heavy atom. The first-order valence-corrected chi connectivity index (χ1v) is 5.06. The molecule has 1 rings (SSSR count). The van der Waals surface area contributed by atoms with Gasteiger partial charge in [0.25, 0.3) is 0 Å². The molecule has 0 aliphatic carbocycles. The van der Waals surface area contributed by atoms with Gasteiger partial charge in [-0.15, -0.1) is 0 Å². The second-order valence-electron chi connectivity index (χ2n) is 2.35. The fourth-order valence-electron chi connectivity index (χ4n) is 0.810. The molecule has 15 heavy (non-hydrogen) atoms. The van der Waals surface area contributed by atoms with Gasteiger partial charge in [-0.2, -0.15) is 13.2 Å². The lowest BCUT2D eigenvalue weighted by Gasteiger charge is -2.07. The minimum Gasteiger partial charge on any atom is -0.298 e. The van der Waals surface area contributed by atoms with E-state index in [1.54, 1.807) is 0 Å². The highest BCUT2D eigenvalue weighted by atomic mass is 79.9. The van der Waals surface area contributed by atoms with Crippen LogP contribution in [-0.2, 0) is 6.18 Å². The predicted molar refractivity (Wildman–Crippen MR) is 55.9 cm³/mol. The molecule has 0 aliphatic rings. The molecule has 0 heterocycles. The van der Waals surface area contributed by atoms with E-state index in [0.717, 1.165) is 12.1 Å². The van der Waals surface area contributed by atoms with Crippen LogP contribution in [0.1, 0.15) is 29.8 Å². The highest BCUT2D eigenvalue weighted by Gasteiger charge is 2.30. The third-order valence-corrected chi connectivity index (χ3v) is 2.17. The van der Waals surface area contributed by atoms with Crippen molar-refractivity contribution in [3.8, 4) is 0 Å². The Kier molecular flexibility index (Phi) is 5.57. The van der Waals surface area contributed by atoms with Crippen LogP contribution in [0.3, 0.4) is 0 Å². The van der Waals surface area contributed by atoms with Gasteiger partial charge in [-0.3, -0.25) is 4.79 Å². The minimum atomic E-state index is -4.40. The first-order valence-electron chi connectivity index (χ1n) is 4.27. The van der Waals surface area contributed by atoms with E-state index in [-0.39, 0.29) is 5.56 Å². The molecule has 1 aromatic rings. The SMILES string of the molecule is CC.O=Cc1cc(C(F)(F)F)ccc1Br. The summed E-state index contributed by atoms with van der Waals surface area (Å²) in [5.74, 6) is 0. The molecule has 0 amide bonds. The maximum absolute atomic E-state index is 12.1. The highest BCUT2D eigenvalue weighted by molar-refractivity contribution is 9.10. The lowest BCUT2D eigenvalue weighted by Crippen LogP contribution is -2.05. The van der Waals surface area contributed by atoms with Crippen LogP contribution in [0.4, 0.5) is 13.2 Å². The first kappa shape index (κ1) is 14.2. The van der Waals surface area contributed by atoms with E-state index < -0.39 is 11.7 Å². The second kappa shape index (κ2) is 5.90. The lowest BCUT2D eigenvalue weighted by molar-refractivity contribution is -0.137. The zero-order chi connectivity index (χ0) is 12.1. The Balaban J connectivity index is 0.000000921. The molecule has 0 fully saturated rings. The predicted octanol–water partition coefficient (Wildman–Crippen LogP) is 4.31. The van der Waals surface area contributed by atoms with Crippen molar-refractivity contribution >= 4 is 22.2 Å². The molecule has 0 atom stereocenters. The summed E-state index contributed by atoms with van der Waals surface area (Å²) in [6.07, 6.45) is -4.03. The Morgan fingerprint density at radius 3 is 2.20 bits per heavy atom. The van der Waals surface area contributed by atoms with E-state index in [4.69, 9.17) is 0 Å². The Morgan fingerprint density at radius 1 is 1.27 bits per heavy atom. The van der Waals surface area contributed by atoms with E-state index >= 15 is 0 Å². The fraction of sp³-hybridized carbons (Fsp3) is 0.300. The quantitative estimate of drug-likeness (QED) is 0.702. The van der Waals surface area contributed by atoms with Crippen LogP contribution in [0, 0.1) is 0 Å². The molecule has 0 N–H and O–H groups in total. The van der Waals surface area contributed by atoms with E-state index in [2.05, 4.69) is 15.9 Å². The average molecular weight is 283 g/mol. The van der Waals surface area contributed by atoms with Gasteiger partial charge in [-0.05, 0) is 18.2 Å². The molecule has 0 spiro atoms. The van der Waals surface area contributed by atoms with Crippen LogP contribution in [0.2, 0.25) is 0 Å². The number of alkyl halides is 3. The van der Waals surface area contributed by atoms with Gasteiger partial charge in [0.1, 0.15) is 0 Å². The van der Waals surface area contributed by atoms with Gasteiger partial charge in [0.15, 0.2) is 6.29 Å². The summed E-state index contributed by atoms with van der Waals surface area (Å²) in [4.78, 5) is 10.3. The van der Waals surface area contributed by atoms with Gasteiger partial charge in [0.05, 0.1) is 5.56 Å². The highest BCUT2D eigenvalue weighted by Crippen LogP contribution is 2.31. The normalized spacial score (nSPS) is 10.3. The number of hydrogen-bond acceptors (Lipinski definition) is 1. The number of aldehydes is 1. The minimum absolute atomic E-state index is 0.00479. The summed E-state index contributed by atoms with van der Waals surface area (Å²) in [7, 11) is 0. The van der Waals surface area contributed by atoms with Crippen molar-refractivity contribution in [1.82, 2.24) is 0 Å². The molecular weight excluding hydrogens is 273 g/mol. The van der Waals surface area contributed by atoms with Crippen LogP contribution in [0.25, 0.3) is 0 Å². The summed E-state index contributed by atoms with van der Waals surface area (Å²) in [5, 5.41) is 0. The largest absolute Gasteiger partial charge is 0.416 e. The molecule has 0 saturated carbocycles. The third kappa shape index (κ3) is 4.03. The summed E-state index contributed by atoms with van der Waals surface area (Å²) >= 11 is 2.96. The maximum atomic E-state index is 12.1. The smallest absolute Gasteiger partial charge is 0.298 e. The van der Waals surface area contributed by atoms with Gasteiger partial charge in [0.2, 0.25) is 0 Å². The zero-order valence-corrected chi connectivity index (χ0v) is 9.82. The van der Waals surface area contributed by atoms with Crippen molar-refractivity contribution in [3.63, 3.8) is 0 Å². The van der Waals surface area contributed by atoms with E-state index in [1.807, 2.05) is 13.8 Å². The number of hydrogen-bond donors (Lipinski definition) is 0. The van der Waals surface area contributed by atoms with Gasteiger partial charge in [-0.25, -0.2) is 0 Å². The molecule has 84 valence electrons. The zero-order valence-electron chi connectivity index (χ0n) is 8.23. The molecule has 0 radical (unpaired) electrons. The van der Waals surface area contributed by atoms with Crippen molar-refractivity contribution in [2.24, 2.45) is 0 Å².